The lowest BCUT2D eigenvalue weighted by Gasteiger charge is -2.32. The number of hydrogen-bond donors (Lipinski definition) is 1. The first-order chi connectivity index (χ1) is 13.8. The van der Waals surface area contributed by atoms with Crippen molar-refractivity contribution in [1.82, 2.24) is 10.2 Å². The Morgan fingerprint density at radius 2 is 1.83 bits per heavy atom. The summed E-state index contributed by atoms with van der Waals surface area (Å²) < 4.78 is 4.31. The molecule has 1 fully saturated rings. The summed E-state index contributed by atoms with van der Waals surface area (Å²) in [6, 6.07) is 9.45. The number of thioether (sulfide) groups is 1. The van der Waals surface area contributed by atoms with Gasteiger partial charge in [0.05, 0.1) is 22.6 Å². The van der Waals surface area contributed by atoms with Gasteiger partial charge in [0.2, 0.25) is 16.3 Å². The highest BCUT2D eigenvalue weighted by atomic mass is 32.2. The van der Waals surface area contributed by atoms with E-state index in [2.05, 4.69) is 34.3 Å². The minimum Gasteiger partial charge on any atom is -0.297 e. The van der Waals surface area contributed by atoms with Gasteiger partial charge in [-0.15, -0.1) is 0 Å². The van der Waals surface area contributed by atoms with Crippen LogP contribution in [0, 0.1) is 0 Å². The Morgan fingerprint density at radius 3 is 2.45 bits per heavy atom. The van der Waals surface area contributed by atoms with Crippen LogP contribution in [0.4, 0.5) is 5.88 Å². The van der Waals surface area contributed by atoms with Gasteiger partial charge in [-0.2, -0.15) is 5.01 Å². The largest absolute Gasteiger partial charge is 0.305 e. The van der Waals surface area contributed by atoms with Gasteiger partial charge in [-0.25, -0.2) is 0 Å². The molecule has 0 aliphatic carbocycles. The Kier molecular flexibility index (Phi) is 6.59. The quantitative estimate of drug-likeness (QED) is 0.718. The van der Waals surface area contributed by atoms with Crippen LogP contribution in [-0.4, -0.2) is 58.2 Å². The van der Waals surface area contributed by atoms with E-state index in [0.29, 0.717) is 11.6 Å². The second-order valence-corrected chi connectivity index (χ2v) is 9.39. The number of piperazine rings is 1. The molecule has 9 heteroatoms. The molecule has 1 N–H and O–H groups in total. The standard InChI is InChI=1S/C20H27N5O3S/c1-15(2)23-10-12-24(13-11-23)25-14-17(28-22-25)21-19(27)20(3,4)29-18(26)16-8-6-5-7-9-16/h5-9,14-15H,10-13H2,1-4H3/p+1. The van der Waals surface area contributed by atoms with Crippen LogP contribution in [0.25, 0.3) is 0 Å². The lowest BCUT2D eigenvalue weighted by molar-refractivity contribution is -0.759. The summed E-state index contributed by atoms with van der Waals surface area (Å²) in [6.45, 7) is 11.4. The van der Waals surface area contributed by atoms with Gasteiger partial charge in [-0.1, -0.05) is 42.1 Å². The van der Waals surface area contributed by atoms with Gasteiger partial charge < -0.3 is 0 Å². The molecule has 1 aliphatic rings. The normalized spacial score (nSPS) is 15.6. The first-order valence-electron chi connectivity index (χ1n) is 9.74. The van der Waals surface area contributed by atoms with Crippen LogP contribution in [-0.2, 0) is 4.79 Å². The molecule has 0 saturated carbocycles. The molecule has 0 bridgehead atoms. The minimum atomic E-state index is -0.965. The number of carbonyl (C=O) groups is 2. The Labute approximate surface area is 175 Å². The number of carbonyl (C=O) groups excluding carboxylic acids is 2. The summed E-state index contributed by atoms with van der Waals surface area (Å²) in [7, 11) is 0. The van der Waals surface area contributed by atoms with Crippen LogP contribution in [0.2, 0.25) is 0 Å². The average Bonchev–Trinajstić information content (AvgIpc) is 3.17. The molecule has 0 atom stereocenters. The molecule has 1 saturated heterocycles. The SMILES string of the molecule is CC(C)N1CCN([n+]2cc(NC(=O)C(C)(C)SC(=O)c3ccccc3)on2)CC1. The van der Waals surface area contributed by atoms with E-state index in [1.165, 1.54) is 0 Å². The molecule has 0 radical (unpaired) electrons. The Morgan fingerprint density at radius 1 is 1.17 bits per heavy atom. The molecule has 1 aromatic heterocycles. The molecule has 1 aliphatic heterocycles. The maximum absolute atomic E-state index is 12.7. The van der Waals surface area contributed by atoms with Crippen molar-refractivity contribution in [2.75, 3.05) is 36.5 Å². The van der Waals surface area contributed by atoms with Crippen molar-refractivity contribution in [1.29, 1.82) is 0 Å². The Bertz CT molecular complexity index is 845. The summed E-state index contributed by atoms with van der Waals surface area (Å²) in [6.07, 6.45) is 1.66. The van der Waals surface area contributed by atoms with E-state index in [-0.39, 0.29) is 16.9 Å². The number of amides is 1. The second-order valence-electron chi connectivity index (χ2n) is 7.79. The van der Waals surface area contributed by atoms with E-state index in [4.69, 9.17) is 4.52 Å². The van der Waals surface area contributed by atoms with Crippen LogP contribution < -0.4 is 15.1 Å². The van der Waals surface area contributed by atoms with Crippen molar-refractivity contribution in [3.05, 3.63) is 42.1 Å². The van der Waals surface area contributed by atoms with Gasteiger partial charge in [0.15, 0.2) is 0 Å². The number of rotatable bonds is 6. The topological polar surface area (TPSA) is 82.6 Å². The molecule has 2 aromatic rings. The number of nitrogens with one attached hydrogen (secondary N) is 1. The second kappa shape index (κ2) is 8.96. The fraction of sp³-hybridized carbons (Fsp3) is 0.500. The van der Waals surface area contributed by atoms with E-state index in [1.807, 2.05) is 6.07 Å². The molecule has 0 spiro atoms. The predicted molar refractivity (Wildman–Crippen MR) is 112 cm³/mol. The summed E-state index contributed by atoms with van der Waals surface area (Å²) in [5.74, 6) is -0.0677. The van der Waals surface area contributed by atoms with Gasteiger partial charge in [-0.05, 0) is 27.7 Å². The van der Waals surface area contributed by atoms with Gasteiger partial charge in [0.1, 0.15) is 0 Å². The van der Waals surface area contributed by atoms with E-state index in [0.717, 1.165) is 37.9 Å². The number of benzene rings is 1. The monoisotopic (exact) mass is 418 g/mol. The Hall–Kier alpha value is -2.39. The molecular formula is C20H28N5O3S+. The van der Waals surface area contributed by atoms with Crippen molar-refractivity contribution in [3.63, 3.8) is 0 Å². The summed E-state index contributed by atoms with van der Waals surface area (Å²) in [5, 5.41) is 8.66. The van der Waals surface area contributed by atoms with Crippen molar-refractivity contribution in [2.24, 2.45) is 0 Å². The maximum Gasteiger partial charge on any atom is 0.305 e. The summed E-state index contributed by atoms with van der Waals surface area (Å²) in [4.78, 5) is 29.2. The number of anilines is 1. The first-order valence-corrected chi connectivity index (χ1v) is 10.6. The first kappa shape index (κ1) is 21.3. The third kappa shape index (κ3) is 5.36. The number of aromatic nitrogens is 2. The van der Waals surface area contributed by atoms with E-state index in [1.54, 1.807) is 49.1 Å². The fourth-order valence-corrected chi connectivity index (χ4v) is 3.89. The van der Waals surface area contributed by atoms with Crippen molar-refractivity contribution in [2.45, 2.75) is 38.5 Å². The average molecular weight is 419 g/mol. The lowest BCUT2D eigenvalue weighted by Crippen LogP contribution is -2.65. The van der Waals surface area contributed by atoms with E-state index >= 15 is 0 Å². The molecule has 2 heterocycles. The van der Waals surface area contributed by atoms with Gasteiger partial charge in [0, 0.05) is 24.7 Å². The fourth-order valence-electron chi connectivity index (χ4n) is 3.03. The van der Waals surface area contributed by atoms with E-state index < -0.39 is 4.75 Å². The zero-order valence-corrected chi connectivity index (χ0v) is 18.1. The number of nitrogens with zero attached hydrogens (tertiary/aromatic N) is 4. The van der Waals surface area contributed by atoms with Crippen molar-refractivity contribution < 1.29 is 18.9 Å². The van der Waals surface area contributed by atoms with Crippen LogP contribution in [0.5, 0.6) is 0 Å². The zero-order chi connectivity index (χ0) is 21.0. The highest BCUT2D eigenvalue weighted by Gasteiger charge is 2.34. The summed E-state index contributed by atoms with van der Waals surface area (Å²) >= 11 is 0.984. The Balaban J connectivity index is 1.57. The van der Waals surface area contributed by atoms with E-state index in [9.17, 15) is 9.59 Å². The molecule has 156 valence electrons. The van der Waals surface area contributed by atoms with Gasteiger partial charge >= 0.3 is 5.88 Å². The minimum absolute atomic E-state index is 0.151. The third-order valence-corrected chi connectivity index (χ3v) is 6.02. The van der Waals surface area contributed by atoms with Crippen LogP contribution >= 0.6 is 11.8 Å². The molecule has 1 aromatic carbocycles. The maximum atomic E-state index is 12.7. The highest BCUT2D eigenvalue weighted by Crippen LogP contribution is 2.29. The molecule has 1 amide bonds. The van der Waals surface area contributed by atoms with Gasteiger partial charge in [0.25, 0.3) is 6.20 Å². The number of hydrogen-bond acceptors (Lipinski definition) is 7. The summed E-state index contributed by atoms with van der Waals surface area (Å²) in [5.41, 5.74) is 0.566. The predicted octanol–water partition coefficient (Wildman–Crippen LogP) is 1.91. The molecule has 29 heavy (non-hydrogen) atoms. The van der Waals surface area contributed by atoms with Gasteiger partial charge in [-0.3, -0.25) is 24.3 Å². The molecule has 0 unspecified atom stereocenters. The van der Waals surface area contributed by atoms with Crippen LogP contribution in [0.15, 0.2) is 41.1 Å². The third-order valence-electron chi connectivity index (χ3n) is 4.91. The van der Waals surface area contributed by atoms with Crippen molar-refractivity contribution in [3.8, 4) is 0 Å². The van der Waals surface area contributed by atoms with Crippen LogP contribution in [0.1, 0.15) is 38.1 Å². The molecule has 3 rings (SSSR count). The smallest absolute Gasteiger partial charge is 0.297 e. The lowest BCUT2D eigenvalue weighted by atomic mass is 10.2. The van der Waals surface area contributed by atoms with Crippen molar-refractivity contribution >= 4 is 28.7 Å². The van der Waals surface area contributed by atoms with Crippen LogP contribution in [0.3, 0.4) is 0 Å². The zero-order valence-electron chi connectivity index (χ0n) is 17.3. The molecule has 8 nitrogen and oxygen atoms in total. The highest BCUT2D eigenvalue weighted by molar-refractivity contribution is 8.15. The molecular weight excluding hydrogens is 390 g/mol.